The second-order valence-electron chi connectivity index (χ2n) is 6.80. The second-order valence-corrected chi connectivity index (χ2v) is 7.63. The lowest BCUT2D eigenvalue weighted by atomic mass is 10.1. The lowest BCUT2D eigenvalue weighted by Crippen LogP contribution is -2.28. The van der Waals surface area contributed by atoms with Crippen LogP contribution < -0.4 is 5.32 Å². The summed E-state index contributed by atoms with van der Waals surface area (Å²) in [4.78, 5) is 4.67. The summed E-state index contributed by atoms with van der Waals surface area (Å²) in [5.74, 6) is 0. The fourth-order valence-electron chi connectivity index (χ4n) is 3.49. The molecule has 144 valence electrons. The topological polar surface area (TPSA) is 101 Å². The molecule has 0 radical (unpaired) electrons. The number of nitrogens with zero attached hydrogens (tertiary/aromatic N) is 6. The molecule has 0 bridgehead atoms. The average molecular weight is 403 g/mol. The van der Waals surface area contributed by atoms with E-state index in [0.717, 1.165) is 59.2 Å². The zero-order valence-electron chi connectivity index (χ0n) is 15.4. The summed E-state index contributed by atoms with van der Waals surface area (Å²) in [5.41, 5.74) is 6.68. The fourth-order valence-corrected chi connectivity index (χ4v) is 4.07. The van der Waals surface area contributed by atoms with Gasteiger partial charge in [-0.15, -0.1) is 10.2 Å². The van der Waals surface area contributed by atoms with Gasteiger partial charge in [-0.05, 0) is 37.1 Å². The highest BCUT2D eigenvalue weighted by atomic mass is 32.1. The molecule has 0 amide bonds. The summed E-state index contributed by atoms with van der Waals surface area (Å²) in [6.07, 6.45) is 5.31. The Morgan fingerprint density at radius 1 is 1.21 bits per heavy atom. The molecule has 1 aliphatic heterocycles. The van der Waals surface area contributed by atoms with Crippen LogP contribution in [0.1, 0.15) is 18.4 Å². The van der Waals surface area contributed by atoms with Gasteiger partial charge < -0.3 is 10.1 Å². The van der Waals surface area contributed by atoms with Gasteiger partial charge in [-0.25, -0.2) is 4.52 Å². The molecule has 4 aromatic rings. The van der Waals surface area contributed by atoms with Crippen molar-refractivity contribution in [2.24, 2.45) is 0 Å². The normalized spacial score (nSPS) is 14.7. The van der Waals surface area contributed by atoms with Crippen molar-refractivity contribution in [2.75, 3.05) is 18.5 Å². The maximum Gasteiger partial charge on any atom is 0.151 e. The van der Waals surface area contributed by atoms with E-state index in [2.05, 4.69) is 31.7 Å². The van der Waals surface area contributed by atoms with Gasteiger partial charge in [0, 0.05) is 31.1 Å². The lowest BCUT2D eigenvalue weighted by molar-refractivity contribution is 0.0904. The first-order valence-electron chi connectivity index (χ1n) is 9.31. The third-order valence-electron chi connectivity index (χ3n) is 4.97. The molecule has 29 heavy (non-hydrogen) atoms. The summed E-state index contributed by atoms with van der Waals surface area (Å²) in [6, 6.07) is 10.2. The van der Waals surface area contributed by atoms with Crippen molar-refractivity contribution in [3.63, 3.8) is 0 Å². The third-order valence-corrected chi connectivity index (χ3v) is 5.69. The molecule has 9 heteroatoms. The summed E-state index contributed by atoms with van der Waals surface area (Å²) >= 11 is 1.49. The summed E-state index contributed by atoms with van der Waals surface area (Å²) in [6.45, 7) is 1.52. The number of aromatic nitrogens is 5. The van der Waals surface area contributed by atoms with E-state index in [9.17, 15) is 0 Å². The van der Waals surface area contributed by atoms with Crippen LogP contribution in [0, 0.1) is 11.3 Å². The van der Waals surface area contributed by atoms with Crippen LogP contribution >= 0.6 is 11.3 Å². The monoisotopic (exact) mass is 403 g/mol. The van der Waals surface area contributed by atoms with E-state index in [1.165, 1.54) is 11.3 Å². The molecule has 0 atom stereocenters. The molecule has 1 fully saturated rings. The maximum absolute atomic E-state index is 9.10. The van der Waals surface area contributed by atoms with E-state index >= 15 is 0 Å². The van der Waals surface area contributed by atoms with Gasteiger partial charge in [-0.2, -0.15) is 10.4 Å². The molecule has 1 N–H and O–H groups in total. The molecule has 5 rings (SSSR count). The smallest absolute Gasteiger partial charge is 0.151 e. The van der Waals surface area contributed by atoms with Gasteiger partial charge in [0.2, 0.25) is 0 Å². The highest BCUT2D eigenvalue weighted by Crippen LogP contribution is 2.33. The Labute approximate surface area is 170 Å². The van der Waals surface area contributed by atoms with Crippen LogP contribution in [-0.2, 0) is 4.74 Å². The lowest BCUT2D eigenvalue weighted by Gasteiger charge is -2.25. The van der Waals surface area contributed by atoms with Crippen molar-refractivity contribution in [3.05, 3.63) is 47.7 Å². The second kappa shape index (κ2) is 7.58. The largest absolute Gasteiger partial charge is 0.381 e. The predicted octanol–water partition coefficient (Wildman–Crippen LogP) is 3.38. The highest BCUT2D eigenvalue weighted by molar-refractivity contribution is 7.12. The number of pyridine rings is 1. The molecule has 0 spiro atoms. The number of nitriles is 1. The number of hydrogen-bond donors (Lipinski definition) is 1. The van der Waals surface area contributed by atoms with Crippen LogP contribution in [0.25, 0.3) is 27.5 Å². The summed E-state index contributed by atoms with van der Waals surface area (Å²) in [5, 5.41) is 26.2. The Balaban J connectivity index is 1.57. The predicted molar refractivity (Wildman–Crippen MR) is 110 cm³/mol. The Bertz CT molecular complexity index is 1190. The number of nitrogens with one attached hydrogen (secondary N) is 1. The summed E-state index contributed by atoms with van der Waals surface area (Å²) < 4.78 is 7.28. The van der Waals surface area contributed by atoms with Crippen molar-refractivity contribution in [2.45, 2.75) is 18.9 Å². The number of ether oxygens (including phenoxy) is 1. The zero-order chi connectivity index (χ0) is 19.6. The van der Waals surface area contributed by atoms with Crippen molar-refractivity contribution in [1.29, 1.82) is 5.26 Å². The van der Waals surface area contributed by atoms with E-state index < -0.39 is 0 Å². The summed E-state index contributed by atoms with van der Waals surface area (Å²) in [7, 11) is 0. The van der Waals surface area contributed by atoms with E-state index in [4.69, 9.17) is 10.00 Å². The van der Waals surface area contributed by atoms with E-state index in [-0.39, 0.29) is 0 Å². The van der Waals surface area contributed by atoms with Gasteiger partial charge in [-0.3, -0.25) is 4.98 Å². The Morgan fingerprint density at radius 3 is 2.90 bits per heavy atom. The molecular formula is C20H17N7OS. The fraction of sp³-hybridized carbons (Fsp3) is 0.250. The van der Waals surface area contributed by atoms with E-state index in [1.807, 2.05) is 30.5 Å². The molecule has 4 aromatic heterocycles. The standard InChI is InChI=1S/C20H17N7OS/c21-9-13-7-15-1-2-19(27(15)24-10-13)18-8-17(25-14-3-5-28-6-4-14)16(11-22-18)20-26-23-12-29-20/h1-2,7-8,10-12,14H,3-6H2,(H,22,25). The Kier molecular flexibility index (Phi) is 4.63. The Hall–Kier alpha value is -3.35. The number of rotatable bonds is 4. The van der Waals surface area contributed by atoms with Crippen LogP contribution in [0.2, 0.25) is 0 Å². The SMILES string of the molecule is N#Cc1cnn2c(-c3cc(NC4CCOCC4)c(-c4nncs4)cn3)ccc2c1. The van der Waals surface area contributed by atoms with Gasteiger partial charge >= 0.3 is 0 Å². The maximum atomic E-state index is 9.10. The molecule has 0 saturated carbocycles. The molecule has 5 heterocycles. The molecule has 1 saturated heterocycles. The van der Waals surface area contributed by atoms with E-state index in [1.54, 1.807) is 16.2 Å². The van der Waals surface area contributed by atoms with Gasteiger partial charge in [0.15, 0.2) is 5.01 Å². The quantitative estimate of drug-likeness (QED) is 0.557. The van der Waals surface area contributed by atoms with Crippen LogP contribution in [0.5, 0.6) is 0 Å². The van der Waals surface area contributed by atoms with Gasteiger partial charge in [-0.1, -0.05) is 11.3 Å². The molecule has 8 nitrogen and oxygen atoms in total. The zero-order valence-corrected chi connectivity index (χ0v) is 16.3. The number of fused-ring (bicyclic) bond motifs is 1. The first-order valence-corrected chi connectivity index (χ1v) is 10.2. The molecule has 0 aliphatic carbocycles. The average Bonchev–Trinajstić information content (AvgIpc) is 3.44. The highest BCUT2D eigenvalue weighted by Gasteiger charge is 2.19. The minimum atomic E-state index is 0.339. The van der Waals surface area contributed by atoms with Crippen molar-refractivity contribution in [1.82, 2.24) is 24.8 Å². The molecular weight excluding hydrogens is 386 g/mol. The first-order chi connectivity index (χ1) is 14.3. The van der Waals surface area contributed by atoms with Crippen LogP contribution in [0.15, 0.2) is 42.2 Å². The van der Waals surface area contributed by atoms with Gasteiger partial charge in [0.25, 0.3) is 0 Å². The van der Waals surface area contributed by atoms with Crippen LogP contribution in [0.3, 0.4) is 0 Å². The van der Waals surface area contributed by atoms with Crippen molar-refractivity contribution < 1.29 is 4.74 Å². The first kappa shape index (κ1) is 17.7. The van der Waals surface area contributed by atoms with Crippen LogP contribution in [0.4, 0.5) is 5.69 Å². The molecule has 0 aromatic carbocycles. The minimum Gasteiger partial charge on any atom is -0.381 e. The molecule has 1 aliphatic rings. The van der Waals surface area contributed by atoms with Gasteiger partial charge in [0.1, 0.15) is 11.6 Å². The molecule has 0 unspecified atom stereocenters. The van der Waals surface area contributed by atoms with E-state index in [0.29, 0.717) is 11.6 Å². The van der Waals surface area contributed by atoms with Crippen molar-refractivity contribution in [3.8, 4) is 28.0 Å². The van der Waals surface area contributed by atoms with Crippen LogP contribution in [-0.4, -0.2) is 44.1 Å². The number of anilines is 1. The number of hydrogen-bond acceptors (Lipinski definition) is 8. The van der Waals surface area contributed by atoms with Crippen molar-refractivity contribution >= 4 is 22.5 Å². The minimum absolute atomic E-state index is 0.339. The van der Waals surface area contributed by atoms with Gasteiger partial charge in [0.05, 0.1) is 34.2 Å². The Morgan fingerprint density at radius 2 is 2.10 bits per heavy atom. The third kappa shape index (κ3) is 3.44.